The van der Waals surface area contributed by atoms with Gasteiger partial charge in [0.2, 0.25) is 11.8 Å². The van der Waals surface area contributed by atoms with Crippen LogP contribution in [0.5, 0.6) is 5.88 Å². The predicted octanol–water partition coefficient (Wildman–Crippen LogP) is 0.537. The number of hydrogen-bond acceptors (Lipinski definition) is 5. The third-order valence-corrected chi connectivity index (χ3v) is 3.04. The number of amides is 1. The summed E-state index contributed by atoms with van der Waals surface area (Å²) in [6.45, 7) is 1.04. The first-order valence-electron chi connectivity index (χ1n) is 5.82. The second kappa shape index (κ2) is 5.32. The number of aromatic nitrogens is 1. The van der Waals surface area contributed by atoms with Crippen molar-refractivity contribution in [3.8, 4) is 5.88 Å². The largest absolute Gasteiger partial charge is 0.481 e. The third-order valence-electron chi connectivity index (χ3n) is 3.04. The minimum absolute atomic E-state index is 0.197. The van der Waals surface area contributed by atoms with Gasteiger partial charge in [0.05, 0.1) is 19.0 Å². The Morgan fingerprint density at radius 2 is 2.22 bits per heavy atom. The predicted molar refractivity (Wildman–Crippen MR) is 66.4 cm³/mol. The molecule has 3 N–H and O–H groups in total. The molecule has 1 amide bonds. The maximum absolute atomic E-state index is 12.1. The molecule has 0 spiro atoms. The zero-order valence-corrected chi connectivity index (χ0v) is 10.3. The van der Waals surface area contributed by atoms with E-state index in [0.717, 1.165) is 0 Å². The fraction of sp³-hybridized carbons (Fsp3) is 0.500. The average Bonchev–Trinajstić information content (AvgIpc) is 2.40. The first-order chi connectivity index (χ1) is 8.64. The molecule has 6 heteroatoms. The van der Waals surface area contributed by atoms with Crippen LogP contribution in [-0.2, 0) is 9.53 Å². The smallest absolute Gasteiger partial charge is 0.244 e. The summed E-state index contributed by atoms with van der Waals surface area (Å²) in [4.78, 5) is 16.1. The van der Waals surface area contributed by atoms with E-state index in [1.54, 1.807) is 18.3 Å². The first kappa shape index (κ1) is 12.8. The minimum Gasteiger partial charge on any atom is -0.481 e. The van der Waals surface area contributed by atoms with Crippen molar-refractivity contribution in [2.24, 2.45) is 5.73 Å². The second-order valence-electron chi connectivity index (χ2n) is 4.31. The molecule has 18 heavy (non-hydrogen) atoms. The normalized spacial score (nSPS) is 18.1. The highest BCUT2D eigenvalue weighted by Crippen LogP contribution is 2.20. The van der Waals surface area contributed by atoms with Gasteiger partial charge in [-0.25, -0.2) is 4.98 Å². The van der Waals surface area contributed by atoms with E-state index in [2.05, 4.69) is 10.3 Å². The van der Waals surface area contributed by atoms with E-state index in [-0.39, 0.29) is 5.91 Å². The van der Waals surface area contributed by atoms with Gasteiger partial charge < -0.3 is 20.5 Å². The van der Waals surface area contributed by atoms with Crippen molar-refractivity contribution in [1.82, 2.24) is 4.98 Å². The van der Waals surface area contributed by atoms with E-state index in [4.69, 9.17) is 15.2 Å². The van der Waals surface area contributed by atoms with Crippen molar-refractivity contribution in [3.05, 3.63) is 18.3 Å². The Bertz CT molecular complexity index is 413. The van der Waals surface area contributed by atoms with Gasteiger partial charge in [0.25, 0.3) is 0 Å². The van der Waals surface area contributed by atoms with Crippen LogP contribution in [0.3, 0.4) is 0 Å². The van der Waals surface area contributed by atoms with Crippen LogP contribution >= 0.6 is 0 Å². The van der Waals surface area contributed by atoms with Gasteiger partial charge in [-0.15, -0.1) is 0 Å². The van der Waals surface area contributed by atoms with E-state index in [1.807, 2.05) is 0 Å². The Morgan fingerprint density at radius 3 is 2.78 bits per heavy atom. The fourth-order valence-electron chi connectivity index (χ4n) is 1.79. The quantitative estimate of drug-likeness (QED) is 0.818. The highest BCUT2D eigenvalue weighted by Gasteiger charge is 2.35. The Morgan fingerprint density at radius 1 is 1.50 bits per heavy atom. The Labute approximate surface area is 105 Å². The number of nitrogens with two attached hydrogens (primary N) is 1. The second-order valence-corrected chi connectivity index (χ2v) is 4.31. The van der Waals surface area contributed by atoms with Crippen LogP contribution in [-0.4, -0.2) is 36.8 Å². The van der Waals surface area contributed by atoms with Crippen LogP contribution in [0.1, 0.15) is 12.8 Å². The van der Waals surface area contributed by atoms with Crippen molar-refractivity contribution in [3.63, 3.8) is 0 Å². The topological polar surface area (TPSA) is 86.5 Å². The fourth-order valence-corrected chi connectivity index (χ4v) is 1.79. The summed E-state index contributed by atoms with van der Waals surface area (Å²) in [6.07, 6.45) is 2.60. The van der Waals surface area contributed by atoms with Crippen molar-refractivity contribution >= 4 is 11.6 Å². The van der Waals surface area contributed by atoms with Gasteiger partial charge in [0.1, 0.15) is 5.54 Å². The number of pyridine rings is 1. The molecule has 0 radical (unpaired) electrons. The molecule has 1 saturated heterocycles. The Kier molecular flexibility index (Phi) is 3.78. The molecule has 2 heterocycles. The standard InChI is InChI=1S/C12H17N3O3/c1-17-10-3-2-9(8-14-10)15-11(16)12(13)4-6-18-7-5-12/h2-3,8H,4-7,13H2,1H3,(H,15,16). The SMILES string of the molecule is COc1ccc(NC(=O)C2(N)CCOCC2)cn1. The molecule has 1 aliphatic rings. The first-order valence-corrected chi connectivity index (χ1v) is 5.82. The zero-order valence-electron chi connectivity index (χ0n) is 10.3. The summed E-state index contributed by atoms with van der Waals surface area (Å²) in [5, 5.41) is 2.77. The van der Waals surface area contributed by atoms with Crippen LogP contribution in [0, 0.1) is 0 Å². The average molecular weight is 251 g/mol. The molecular formula is C12H17N3O3. The highest BCUT2D eigenvalue weighted by atomic mass is 16.5. The number of rotatable bonds is 3. The van der Waals surface area contributed by atoms with Gasteiger partial charge in [-0.3, -0.25) is 4.79 Å². The van der Waals surface area contributed by atoms with Crippen LogP contribution < -0.4 is 15.8 Å². The number of nitrogens with one attached hydrogen (secondary N) is 1. The molecule has 1 aromatic rings. The molecule has 0 aromatic carbocycles. The number of carbonyl (C=O) groups excluding carboxylic acids is 1. The number of carbonyl (C=O) groups is 1. The summed E-state index contributed by atoms with van der Waals surface area (Å²) in [7, 11) is 1.54. The molecule has 2 rings (SSSR count). The lowest BCUT2D eigenvalue weighted by molar-refractivity contribution is -0.124. The summed E-state index contributed by atoms with van der Waals surface area (Å²) in [6, 6.07) is 3.41. The minimum atomic E-state index is -0.849. The molecule has 1 aliphatic heterocycles. The number of nitrogens with zero attached hydrogens (tertiary/aromatic N) is 1. The molecule has 6 nitrogen and oxygen atoms in total. The zero-order chi connectivity index (χ0) is 13.0. The number of hydrogen-bond donors (Lipinski definition) is 2. The van der Waals surface area contributed by atoms with Gasteiger partial charge in [0.15, 0.2) is 0 Å². The van der Waals surface area contributed by atoms with Crippen molar-refractivity contribution < 1.29 is 14.3 Å². The lowest BCUT2D eigenvalue weighted by Gasteiger charge is -2.31. The number of methoxy groups -OCH3 is 1. The van der Waals surface area contributed by atoms with Gasteiger partial charge in [-0.1, -0.05) is 0 Å². The molecule has 98 valence electrons. The van der Waals surface area contributed by atoms with Crippen molar-refractivity contribution in [1.29, 1.82) is 0 Å². The maximum atomic E-state index is 12.1. The Hall–Kier alpha value is -1.66. The molecule has 0 atom stereocenters. The molecule has 0 unspecified atom stereocenters. The summed E-state index contributed by atoms with van der Waals surface area (Å²) in [5.41, 5.74) is 5.83. The molecule has 1 aromatic heterocycles. The van der Waals surface area contributed by atoms with Crippen LogP contribution in [0.4, 0.5) is 5.69 Å². The van der Waals surface area contributed by atoms with Crippen LogP contribution in [0.15, 0.2) is 18.3 Å². The summed E-state index contributed by atoms with van der Waals surface area (Å²) in [5.74, 6) is 0.305. The van der Waals surface area contributed by atoms with Gasteiger partial charge in [-0.2, -0.15) is 0 Å². The van der Waals surface area contributed by atoms with E-state index >= 15 is 0 Å². The molecular weight excluding hydrogens is 234 g/mol. The van der Waals surface area contributed by atoms with Crippen molar-refractivity contribution in [2.45, 2.75) is 18.4 Å². The number of ether oxygens (including phenoxy) is 2. The number of anilines is 1. The highest BCUT2D eigenvalue weighted by molar-refractivity contribution is 5.97. The maximum Gasteiger partial charge on any atom is 0.244 e. The van der Waals surface area contributed by atoms with Crippen LogP contribution in [0.25, 0.3) is 0 Å². The van der Waals surface area contributed by atoms with E-state index < -0.39 is 5.54 Å². The van der Waals surface area contributed by atoms with Gasteiger partial charge in [-0.05, 0) is 18.9 Å². The van der Waals surface area contributed by atoms with E-state index in [1.165, 1.54) is 7.11 Å². The monoisotopic (exact) mass is 251 g/mol. The van der Waals surface area contributed by atoms with Gasteiger partial charge in [0, 0.05) is 19.3 Å². The molecule has 1 fully saturated rings. The van der Waals surface area contributed by atoms with E-state index in [0.29, 0.717) is 37.6 Å². The van der Waals surface area contributed by atoms with Crippen molar-refractivity contribution in [2.75, 3.05) is 25.6 Å². The Balaban J connectivity index is 2.01. The lowest BCUT2D eigenvalue weighted by Crippen LogP contribution is -2.54. The van der Waals surface area contributed by atoms with Crippen LogP contribution in [0.2, 0.25) is 0 Å². The summed E-state index contributed by atoms with van der Waals surface area (Å²) < 4.78 is 10.2. The lowest BCUT2D eigenvalue weighted by atomic mass is 9.90. The molecule has 0 saturated carbocycles. The molecule has 0 bridgehead atoms. The third kappa shape index (κ3) is 2.77. The van der Waals surface area contributed by atoms with Gasteiger partial charge >= 0.3 is 0 Å². The van der Waals surface area contributed by atoms with E-state index in [9.17, 15) is 4.79 Å². The molecule has 0 aliphatic carbocycles. The summed E-state index contributed by atoms with van der Waals surface area (Å²) >= 11 is 0.